The molecule has 0 aliphatic heterocycles. The van der Waals surface area contributed by atoms with Crippen LogP contribution in [0.1, 0.15) is 16.2 Å². The topological polar surface area (TPSA) is 28.7 Å². The van der Waals surface area contributed by atoms with Crippen LogP contribution < -0.4 is 0 Å². The largest absolute Gasteiger partial charge is 0.349 e. The average molecular weight is 304 g/mol. The maximum atomic E-state index is 12.9. The molecule has 0 bridgehead atoms. The SMILES string of the molecule is Fc1ccc(C(Br)Cc2ncc[nH]2)c(Cl)c1. The van der Waals surface area contributed by atoms with E-state index in [1.807, 2.05) is 0 Å². The lowest BCUT2D eigenvalue weighted by Gasteiger charge is -2.10. The number of imidazole rings is 1. The molecule has 0 aliphatic rings. The van der Waals surface area contributed by atoms with Gasteiger partial charge in [0.1, 0.15) is 11.6 Å². The molecule has 0 spiro atoms. The van der Waals surface area contributed by atoms with E-state index in [-0.39, 0.29) is 10.6 Å². The minimum Gasteiger partial charge on any atom is -0.349 e. The van der Waals surface area contributed by atoms with E-state index >= 15 is 0 Å². The first kappa shape index (κ1) is 11.6. The summed E-state index contributed by atoms with van der Waals surface area (Å²) in [6, 6.07) is 4.39. The van der Waals surface area contributed by atoms with Crippen molar-refractivity contribution in [1.82, 2.24) is 9.97 Å². The predicted molar refractivity (Wildman–Crippen MR) is 65.4 cm³/mol. The Morgan fingerprint density at radius 2 is 2.31 bits per heavy atom. The van der Waals surface area contributed by atoms with Crippen LogP contribution in [0.2, 0.25) is 5.02 Å². The number of hydrogen-bond acceptors (Lipinski definition) is 1. The van der Waals surface area contributed by atoms with Gasteiger partial charge in [-0.05, 0) is 17.7 Å². The summed E-state index contributed by atoms with van der Waals surface area (Å²) in [5.74, 6) is 0.536. The van der Waals surface area contributed by atoms with Crippen LogP contribution >= 0.6 is 27.5 Å². The third-order valence-electron chi connectivity index (χ3n) is 2.23. The van der Waals surface area contributed by atoms with Gasteiger partial charge in [-0.3, -0.25) is 0 Å². The molecule has 1 aromatic heterocycles. The highest BCUT2D eigenvalue weighted by Crippen LogP contribution is 2.31. The number of nitrogens with zero attached hydrogens (tertiary/aromatic N) is 1. The molecule has 0 amide bonds. The molecule has 1 N–H and O–H groups in total. The lowest BCUT2D eigenvalue weighted by molar-refractivity contribution is 0.627. The van der Waals surface area contributed by atoms with Gasteiger partial charge in [0.05, 0.1) is 0 Å². The first-order valence-corrected chi connectivity index (χ1v) is 6.03. The Labute approximate surface area is 106 Å². The Hall–Kier alpha value is -0.870. The standard InChI is InChI=1S/C11H9BrClFN2/c12-9(6-11-15-3-4-16-11)8-2-1-7(14)5-10(8)13/h1-5,9H,6H2,(H,15,16). The number of alkyl halides is 1. The monoisotopic (exact) mass is 302 g/mol. The van der Waals surface area contributed by atoms with E-state index in [0.717, 1.165) is 11.4 Å². The zero-order chi connectivity index (χ0) is 11.5. The van der Waals surface area contributed by atoms with Gasteiger partial charge in [-0.2, -0.15) is 0 Å². The number of aromatic nitrogens is 2. The van der Waals surface area contributed by atoms with Crippen LogP contribution in [0.4, 0.5) is 4.39 Å². The maximum absolute atomic E-state index is 12.9. The van der Waals surface area contributed by atoms with Crippen LogP contribution in [0, 0.1) is 5.82 Å². The number of aromatic amines is 1. The highest BCUT2D eigenvalue weighted by atomic mass is 79.9. The Morgan fingerprint density at radius 3 is 2.94 bits per heavy atom. The second-order valence-corrected chi connectivity index (χ2v) is 4.89. The lowest BCUT2D eigenvalue weighted by atomic mass is 10.1. The van der Waals surface area contributed by atoms with Gasteiger partial charge >= 0.3 is 0 Å². The van der Waals surface area contributed by atoms with E-state index in [4.69, 9.17) is 11.6 Å². The normalized spacial score (nSPS) is 12.7. The van der Waals surface area contributed by atoms with E-state index in [0.29, 0.717) is 11.4 Å². The van der Waals surface area contributed by atoms with Gasteiger partial charge in [-0.15, -0.1) is 0 Å². The van der Waals surface area contributed by atoms with Crippen molar-refractivity contribution >= 4 is 27.5 Å². The van der Waals surface area contributed by atoms with Crippen molar-refractivity contribution in [3.05, 3.63) is 52.8 Å². The fourth-order valence-corrected chi connectivity index (χ4v) is 2.58. The Morgan fingerprint density at radius 1 is 1.50 bits per heavy atom. The molecule has 5 heteroatoms. The number of H-pyrrole nitrogens is 1. The average Bonchev–Trinajstić information content (AvgIpc) is 2.70. The molecule has 1 atom stereocenters. The van der Waals surface area contributed by atoms with Gasteiger partial charge in [0.25, 0.3) is 0 Å². The van der Waals surface area contributed by atoms with Gasteiger partial charge in [0, 0.05) is 28.7 Å². The number of hydrogen-bond donors (Lipinski definition) is 1. The summed E-state index contributed by atoms with van der Waals surface area (Å²) < 4.78 is 12.9. The van der Waals surface area contributed by atoms with Crippen molar-refractivity contribution in [3.63, 3.8) is 0 Å². The molecule has 1 unspecified atom stereocenters. The molecule has 84 valence electrons. The smallest absolute Gasteiger partial charge is 0.124 e. The number of benzene rings is 1. The third-order valence-corrected chi connectivity index (χ3v) is 3.37. The quantitative estimate of drug-likeness (QED) is 0.857. The predicted octanol–water partition coefficient (Wildman–Crippen LogP) is 3.88. The maximum Gasteiger partial charge on any atom is 0.124 e. The second-order valence-electron chi connectivity index (χ2n) is 3.37. The number of halogens is 3. The first-order chi connectivity index (χ1) is 7.66. The van der Waals surface area contributed by atoms with Crippen molar-refractivity contribution in [2.24, 2.45) is 0 Å². The molecular formula is C11H9BrClFN2. The summed E-state index contributed by atoms with van der Waals surface area (Å²) in [7, 11) is 0. The van der Waals surface area contributed by atoms with Crippen LogP contribution in [0.25, 0.3) is 0 Å². The fraction of sp³-hybridized carbons (Fsp3) is 0.182. The fourth-order valence-electron chi connectivity index (χ4n) is 1.44. The molecule has 16 heavy (non-hydrogen) atoms. The summed E-state index contributed by atoms with van der Waals surface area (Å²) in [5, 5.41) is 0.424. The third kappa shape index (κ3) is 2.62. The Kier molecular flexibility index (Phi) is 3.61. The van der Waals surface area contributed by atoms with E-state index in [1.165, 1.54) is 12.1 Å². The van der Waals surface area contributed by atoms with Gasteiger partial charge in [0.15, 0.2) is 0 Å². The van der Waals surface area contributed by atoms with Crippen LogP contribution in [0.3, 0.4) is 0 Å². The highest BCUT2D eigenvalue weighted by molar-refractivity contribution is 9.09. The molecule has 0 saturated carbocycles. The molecule has 1 heterocycles. The van der Waals surface area contributed by atoms with Gasteiger partial charge < -0.3 is 4.98 Å². The molecule has 0 fully saturated rings. The number of rotatable bonds is 3. The van der Waals surface area contributed by atoms with Gasteiger partial charge in [-0.25, -0.2) is 9.37 Å². The van der Waals surface area contributed by atoms with Crippen LogP contribution in [0.5, 0.6) is 0 Å². The number of nitrogens with one attached hydrogen (secondary N) is 1. The minimum atomic E-state index is -0.327. The van der Waals surface area contributed by atoms with Crippen LogP contribution in [-0.4, -0.2) is 9.97 Å². The van der Waals surface area contributed by atoms with Crippen LogP contribution in [0.15, 0.2) is 30.6 Å². The van der Waals surface area contributed by atoms with Crippen molar-refractivity contribution in [1.29, 1.82) is 0 Å². The molecule has 2 rings (SSSR count). The highest BCUT2D eigenvalue weighted by Gasteiger charge is 2.13. The Balaban J connectivity index is 2.17. The molecule has 0 aliphatic carbocycles. The zero-order valence-electron chi connectivity index (χ0n) is 8.25. The second kappa shape index (κ2) is 4.97. The van der Waals surface area contributed by atoms with Crippen molar-refractivity contribution < 1.29 is 4.39 Å². The van der Waals surface area contributed by atoms with Crippen LogP contribution in [-0.2, 0) is 6.42 Å². The molecular weight excluding hydrogens is 294 g/mol. The minimum absolute atomic E-state index is 0.0201. The van der Waals surface area contributed by atoms with E-state index in [1.54, 1.807) is 18.5 Å². The summed E-state index contributed by atoms with van der Waals surface area (Å²) in [6.45, 7) is 0. The molecule has 1 aromatic carbocycles. The summed E-state index contributed by atoms with van der Waals surface area (Å²) in [4.78, 5) is 7.16. The molecule has 0 radical (unpaired) electrons. The van der Waals surface area contributed by atoms with Gasteiger partial charge in [0.2, 0.25) is 0 Å². The van der Waals surface area contributed by atoms with E-state index in [9.17, 15) is 4.39 Å². The van der Waals surface area contributed by atoms with Gasteiger partial charge in [-0.1, -0.05) is 33.6 Å². The van der Waals surface area contributed by atoms with Crippen molar-refractivity contribution in [3.8, 4) is 0 Å². The van der Waals surface area contributed by atoms with E-state index < -0.39 is 0 Å². The molecule has 2 nitrogen and oxygen atoms in total. The van der Waals surface area contributed by atoms with Crippen molar-refractivity contribution in [2.75, 3.05) is 0 Å². The zero-order valence-corrected chi connectivity index (χ0v) is 10.6. The lowest BCUT2D eigenvalue weighted by Crippen LogP contribution is -1.98. The Bertz CT molecular complexity index is 473. The first-order valence-electron chi connectivity index (χ1n) is 4.74. The summed E-state index contributed by atoms with van der Waals surface area (Å²) in [5.41, 5.74) is 0.861. The van der Waals surface area contributed by atoms with Crippen molar-refractivity contribution in [2.45, 2.75) is 11.2 Å². The van der Waals surface area contributed by atoms with E-state index in [2.05, 4.69) is 25.9 Å². The summed E-state index contributed by atoms with van der Waals surface area (Å²) in [6.07, 6.45) is 4.14. The molecule has 0 saturated heterocycles. The molecule has 2 aromatic rings. The summed E-state index contributed by atoms with van der Waals surface area (Å²) >= 11 is 9.48.